The summed E-state index contributed by atoms with van der Waals surface area (Å²) in [6.45, 7) is 2.45. The number of nitrogens with one attached hydrogen (secondary N) is 2. The molecule has 6 heteroatoms. The molecule has 100 valence electrons. The summed E-state index contributed by atoms with van der Waals surface area (Å²) < 4.78 is 0. The molecule has 0 saturated carbocycles. The first-order valence-electron chi connectivity index (χ1n) is 6.23. The van der Waals surface area contributed by atoms with E-state index < -0.39 is 0 Å². The normalized spacial score (nSPS) is 10.4. The van der Waals surface area contributed by atoms with Gasteiger partial charge in [-0.3, -0.25) is 14.9 Å². The quantitative estimate of drug-likeness (QED) is 0.744. The Bertz CT molecular complexity index is 549. The molecule has 2 heterocycles. The first-order valence-corrected chi connectivity index (χ1v) is 6.23. The van der Waals surface area contributed by atoms with E-state index in [4.69, 9.17) is 5.73 Å². The van der Waals surface area contributed by atoms with E-state index in [0.717, 1.165) is 17.8 Å². The molecule has 0 saturated heterocycles. The SMILES string of the molecule is CCc1[nH]nc(C(=O)NCCc2ccccn2)c1N. The smallest absolute Gasteiger partial charge is 0.273 e. The maximum Gasteiger partial charge on any atom is 0.273 e. The number of aromatic amines is 1. The number of nitrogens with zero attached hydrogens (tertiary/aromatic N) is 2. The van der Waals surface area contributed by atoms with Gasteiger partial charge in [-0.1, -0.05) is 13.0 Å². The van der Waals surface area contributed by atoms with Crippen LogP contribution >= 0.6 is 0 Å². The van der Waals surface area contributed by atoms with Crippen LogP contribution in [0.5, 0.6) is 0 Å². The molecule has 2 rings (SSSR count). The van der Waals surface area contributed by atoms with Crippen molar-refractivity contribution in [2.75, 3.05) is 12.3 Å². The second-order valence-corrected chi connectivity index (χ2v) is 4.14. The molecule has 6 nitrogen and oxygen atoms in total. The van der Waals surface area contributed by atoms with Crippen LogP contribution in [0.4, 0.5) is 5.69 Å². The van der Waals surface area contributed by atoms with Gasteiger partial charge < -0.3 is 11.1 Å². The van der Waals surface area contributed by atoms with E-state index >= 15 is 0 Å². The minimum Gasteiger partial charge on any atom is -0.395 e. The van der Waals surface area contributed by atoms with Crippen LogP contribution in [0.25, 0.3) is 0 Å². The number of rotatable bonds is 5. The van der Waals surface area contributed by atoms with Crippen LogP contribution in [0.1, 0.15) is 28.8 Å². The number of hydrogen-bond donors (Lipinski definition) is 3. The first kappa shape index (κ1) is 13.1. The molecule has 0 atom stereocenters. The average molecular weight is 259 g/mol. The molecule has 2 aromatic heterocycles. The second-order valence-electron chi connectivity index (χ2n) is 4.14. The lowest BCUT2D eigenvalue weighted by Gasteiger charge is -2.03. The van der Waals surface area contributed by atoms with E-state index in [1.807, 2.05) is 25.1 Å². The van der Waals surface area contributed by atoms with Crippen LogP contribution in [0.2, 0.25) is 0 Å². The lowest BCUT2D eigenvalue weighted by Crippen LogP contribution is -2.27. The highest BCUT2D eigenvalue weighted by Crippen LogP contribution is 2.13. The third-order valence-corrected chi connectivity index (χ3v) is 2.84. The molecule has 4 N–H and O–H groups in total. The summed E-state index contributed by atoms with van der Waals surface area (Å²) in [6, 6.07) is 5.70. The van der Waals surface area contributed by atoms with Crippen LogP contribution in [-0.2, 0) is 12.8 Å². The van der Waals surface area contributed by atoms with E-state index in [1.165, 1.54) is 0 Å². The van der Waals surface area contributed by atoms with Crippen LogP contribution < -0.4 is 11.1 Å². The number of nitrogens with two attached hydrogens (primary N) is 1. The largest absolute Gasteiger partial charge is 0.395 e. The van der Waals surface area contributed by atoms with Crippen molar-refractivity contribution in [3.8, 4) is 0 Å². The summed E-state index contributed by atoms with van der Waals surface area (Å²) in [7, 11) is 0. The fourth-order valence-electron chi connectivity index (χ4n) is 1.76. The van der Waals surface area contributed by atoms with Gasteiger partial charge in [-0.05, 0) is 18.6 Å². The number of carbonyl (C=O) groups excluding carboxylic acids is 1. The van der Waals surface area contributed by atoms with Crippen molar-refractivity contribution in [2.45, 2.75) is 19.8 Å². The number of amides is 1. The van der Waals surface area contributed by atoms with Gasteiger partial charge in [0.25, 0.3) is 5.91 Å². The molecular weight excluding hydrogens is 242 g/mol. The van der Waals surface area contributed by atoms with Gasteiger partial charge in [-0.2, -0.15) is 5.10 Å². The van der Waals surface area contributed by atoms with Crippen molar-refractivity contribution >= 4 is 11.6 Å². The van der Waals surface area contributed by atoms with Crippen molar-refractivity contribution in [3.05, 3.63) is 41.5 Å². The van der Waals surface area contributed by atoms with E-state index in [0.29, 0.717) is 18.7 Å². The molecule has 0 aromatic carbocycles. The monoisotopic (exact) mass is 259 g/mol. The summed E-state index contributed by atoms with van der Waals surface area (Å²) in [6.07, 6.45) is 3.13. The Morgan fingerprint density at radius 2 is 2.32 bits per heavy atom. The number of aromatic nitrogens is 3. The molecular formula is C13H17N5O. The zero-order chi connectivity index (χ0) is 13.7. The van der Waals surface area contributed by atoms with Crippen LogP contribution in [-0.4, -0.2) is 27.6 Å². The topological polar surface area (TPSA) is 96.7 Å². The van der Waals surface area contributed by atoms with Crippen LogP contribution in [0.15, 0.2) is 24.4 Å². The molecule has 0 bridgehead atoms. The van der Waals surface area contributed by atoms with E-state index in [-0.39, 0.29) is 11.6 Å². The number of nitrogen functional groups attached to an aromatic ring is 1. The maximum atomic E-state index is 11.9. The van der Waals surface area contributed by atoms with Crippen molar-refractivity contribution < 1.29 is 4.79 Å². The number of pyridine rings is 1. The summed E-state index contributed by atoms with van der Waals surface area (Å²) in [5, 5.41) is 9.48. The molecule has 0 unspecified atom stereocenters. The Labute approximate surface area is 111 Å². The zero-order valence-corrected chi connectivity index (χ0v) is 10.8. The molecule has 0 fully saturated rings. The average Bonchev–Trinajstić information content (AvgIpc) is 2.81. The van der Waals surface area contributed by atoms with Gasteiger partial charge in [0.1, 0.15) is 0 Å². The number of hydrogen-bond acceptors (Lipinski definition) is 4. The summed E-state index contributed by atoms with van der Waals surface area (Å²) in [5.74, 6) is -0.260. The Morgan fingerprint density at radius 3 is 2.95 bits per heavy atom. The van der Waals surface area contributed by atoms with Crippen molar-refractivity contribution in [3.63, 3.8) is 0 Å². The van der Waals surface area contributed by atoms with Crippen LogP contribution in [0.3, 0.4) is 0 Å². The molecule has 0 aliphatic heterocycles. The van der Waals surface area contributed by atoms with E-state index in [9.17, 15) is 4.79 Å². The van der Waals surface area contributed by atoms with Crippen molar-refractivity contribution in [1.29, 1.82) is 0 Å². The van der Waals surface area contributed by atoms with Crippen molar-refractivity contribution in [2.24, 2.45) is 0 Å². The van der Waals surface area contributed by atoms with Gasteiger partial charge in [0, 0.05) is 24.9 Å². The van der Waals surface area contributed by atoms with Gasteiger partial charge in [-0.15, -0.1) is 0 Å². The Kier molecular flexibility index (Phi) is 4.12. The first-order chi connectivity index (χ1) is 9.22. The molecule has 2 aromatic rings. The summed E-state index contributed by atoms with van der Waals surface area (Å²) in [4.78, 5) is 16.1. The second kappa shape index (κ2) is 5.99. The van der Waals surface area contributed by atoms with Gasteiger partial charge >= 0.3 is 0 Å². The standard InChI is InChI=1S/C13H17N5O/c1-2-10-11(14)12(18-17-10)13(19)16-8-6-9-5-3-4-7-15-9/h3-5,7H,2,6,8,14H2,1H3,(H,16,19)(H,17,18). The van der Waals surface area contributed by atoms with Gasteiger partial charge in [0.15, 0.2) is 5.69 Å². The predicted octanol–water partition coefficient (Wildman–Crippen LogP) is 0.922. The van der Waals surface area contributed by atoms with E-state index in [1.54, 1.807) is 6.20 Å². The highest BCUT2D eigenvalue weighted by Gasteiger charge is 2.15. The maximum absolute atomic E-state index is 11.9. The molecule has 0 spiro atoms. The molecule has 19 heavy (non-hydrogen) atoms. The zero-order valence-electron chi connectivity index (χ0n) is 10.8. The van der Waals surface area contributed by atoms with Gasteiger partial charge in [-0.25, -0.2) is 0 Å². The number of anilines is 1. The lowest BCUT2D eigenvalue weighted by molar-refractivity contribution is 0.0950. The van der Waals surface area contributed by atoms with Crippen molar-refractivity contribution in [1.82, 2.24) is 20.5 Å². The Hall–Kier alpha value is -2.37. The third kappa shape index (κ3) is 3.09. The Balaban J connectivity index is 1.89. The molecule has 0 aliphatic carbocycles. The fourth-order valence-corrected chi connectivity index (χ4v) is 1.76. The van der Waals surface area contributed by atoms with Gasteiger partial charge in [0.05, 0.1) is 11.4 Å². The minimum absolute atomic E-state index is 0.260. The lowest BCUT2D eigenvalue weighted by atomic mass is 10.2. The molecule has 0 radical (unpaired) electrons. The minimum atomic E-state index is -0.260. The molecule has 0 aliphatic rings. The predicted molar refractivity (Wildman–Crippen MR) is 72.7 cm³/mol. The third-order valence-electron chi connectivity index (χ3n) is 2.84. The number of H-pyrrole nitrogens is 1. The highest BCUT2D eigenvalue weighted by molar-refractivity contribution is 5.97. The van der Waals surface area contributed by atoms with E-state index in [2.05, 4.69) is 20.5 Å². The summed E-state index contributed by atoms with van der Waals surface area (Å²) in [5.41, 5.74) is 8.25. The number of carbonyl (C=O) groups is 1. The fraction of sp³-hybridized carbons (Fsp3) is 0.308. The summed E-state index contributed by atoms with van der Waals surface area (Å²) >= 11 is 0. The van der Waals surface area contributed by atoms with Crippen LogP contribution in [0, 0.1) is 0 Å². The highest BCUT2D eigenvalue weighted by atomic mass is 16.1. The van der Waals surface area contributed by atoms with Gasteiger partial charge in [0.2, 0.25) is 0 Å². The number of aryl methyl sites for hydroxylation is 1. The Morgan fingerprint density at radius 1 is 1.47 bits per heavy atom. The molecule has 1 amide bonds.